The maximum atomic E-state index is 13.6. The smallest absolute Gasteiger partial charge is 0.336 e. The van der Waals surface area contributed by atoms with Crippen molar-refractivity contribution >= 4 is 17.5 Å². The minimum Gasteiger partial charge on any atom is -0.459 e. The highest BCUT2D eigenvalue weighted by Crippen LogP contribution is 2.45. The Bertz CT molecular complexity index is 1080. The van der Waals surface area contributed by atoms with E-state index in [4.69, 9.17) is 9.73 Å². The molecule has 1 aromatic carbocycles. The van der Waals surface area contributed by atoms with Crippen LogP contribution in [-0.4, -0.2) is 28.6 Å². The van der Waals surface area contributed by atoms with Crippen LogP contribution in [0.3, 0.4) is 0 Å². The third kappa shape index (κ3) is 4.41. The first-order chi connectivity index (χ1) is 16.1. The van der Waals surface area contributed by atoms with E-state index in [0.29, 0.717) is 24.1 Å². The highest BCUT2D eigenvalue weighted by molar-refractivity contribution is 6.12. The molecule has 2 fully saturated rings. The van der Waals surface area contributed by atoms with Gasteiger partial charge in [-0.25, -0.2) is 4.79 Å². The van der Waals surface area contributed by atoms with Crippen molar-refractivity contribution in [3.05, 3.63) is 77.3 Å². The predicted molar refractivity (Wildman–Crippen MR) is 127 cm³/mol. The predicted octanol–water partition coefficient (Wildman–Crippen LogP) is 5.53. The Labute approximate surface area is 195 Å². The topological polar surface area (TPSA) is 68.6 Å². The van der Waals surface area contributed by atoms with Gasteiger partial charge in [0.05, 0.1) is 17.4 Å². The largest absolute Gasteiger partial charge is 0.459 e. The molecule has 5 heteroatoms. The monoisotopic (exact) mass is 442 g/mol. The number of hydrogen-bond donors (Lipinski definition) is 0. The van der Waals surface area contributed by atoms with E-state index in [2.05, 4.69) is 17.1 Å². The van der Waals surface area contributed by atoms with E-state index in [1.165, 1.54) is 6.42 Å². The second kappa shape index (κ2) is 9.42. The molecule has 0 radical (unpaired) electrons. The number of carbonyl (C=O) groups excluding carboxylic acids is 2. The summed E-state index contributed by atoms with van der Waals surface area (Å²) in [7, 11) is 0. The molecule has 0 unspecified atom stereocenters. The van der Waals surface area contributed by atoms with Crippen LogP contribution in [0.2, 0.25) is 0 Å². The maximum Gasteiger partial charge on any atom is 0.336 e. The van der Waals surface area contributed by atoms with Gasteiger partial charge in [0.2, 0.25) is 0 Å². The molecule has 0 spiro atoms. The number of Topliss-reactive ketones (excluding diaryl/α,β-unsaturated/α-hetero) is 1. The minimum atomic E-state index is -0.461. The van der Waals surface area contributed by atoms with Crippen molar-refractivity contribution in [2.75, 3.05) is 0 Å². The average molecular weight is 443 g/mol. The lowest BCUT2D eigenvalue weighted by Crippen LogP contribution is -2.41. The van der Waals surface area contributed by atoms with E-state index in [9.17, 15) is 9.59 Å². The van der Waals surface area contributed by atoms with Crippen LogP contribution in [0.25, 0.3) is 0 Å². The van der Waals surface area contributed by atoms with Crippen LogP contribution in [-0.2, 0) is 14.3 Å². The summed E-state index contributed by atoms with van der Waals surface area (Å²) in [5, 5.41) is 0. The zero-order chi connectivity index (χ0) is 22.8. The van der Waals surface area contributed by atoms with E-state index >= 15 is 0 Å². The van der Waals surface area contributed by atoms with Crippen LogP contribution in [0, 0.1) is 5.92 Å². The van der Waals surface area contributed by atoms with Crippen LogP contribution in [0.5, 0.6) is 0 Å². The zero-order valence-corrected chi connectivity index (χ0v) is 19.1. The number of fused-ring (bicyclic) bond motifs is 1. The molecule has 2 aliphatic carbocycles. The second-order valence-corrected chi connectivity index (χ2v) is 9.46. The number of aliphatic imine (C=N–C) groups is 1. The van der Waals surface area contributed by atoms with E-state index in [1.54, 1.807) is 6.20 Å². The summed E-state index contributed by atoms with van der Waals surface area (Å²) < 4.78 is 5.95. The van der Waals surface area contributed by atoms with Crippen molar-refractivity contribution < 1.29 is 14.3 Å². The number of allylic oxidation sites excluding steroid dienone is 1. The number of rotatable bonds is 4. The van der Waals surface area contributed by atoms with Gasteiger partial charge in [-0.15, -0.1) is 0 Å². The van der Waals surface area contributed by atoms with Gasteiger partial charge in [-0.2, -0.15) is 0 Å². The summed E-state index contributed by atoms with van der Waals surface area (Å²) in [4.78, 5) is 36.4. The molecule has 33 heavy (non-hydrogen) atoms. The van der Waals surface area contributed by atoms with Gasteiger partial charge in [-0.05, 0) is 62.6 Å². The summed E-state index contributed by atoms with van der Waals surface area (Å²) >= 11 is 0. The number of benzene rings is 1. The maximum absolute atomic E-state index is 13.6. The molecule has 0 amide bonds. The Morgan fingerprint density at radius 3 is 2.42 bits per heavy atom. The molecule has 2 aromatic rings. The number of aromatic nitrogens is 1. The van der Waals surface area contributed by atoms with Gasteiger partial charge in [-0.1, -0.05) is 42.8 Å². The number of pyridine rings is 1. The van der Waals surface area contributed by atoms with Gasteiger partial charge < -0.3 is 4.74 Å². The van der Waals surface area contributed by atoms with Gasteiger partial charge in [0.15, 0.2) is 0 Å². The summed E-state index contributed by atoms with van der Waals surface area (Å²) in [5.74, 6) is -1.01. The van der Waals surface area contributed by atoms with E-state index in [-0.39, 0.29) is 23.8 Å². The Morgan fingerprint density at radius 2 is 1.70 bits per heavy atom. The van der Waals surface area contributed by atoms with Crippen molar-refractivity contribution in [3.8, 4) is 0 Å². The number of nitrogens with zero attached hydrogens (tertiary/aromatic N) is 2. The van der Waals surface area contributed by atoms with Crippen LogP contribution in [0.4, 0.5) is 0 Å². The summed E-state index contributed by atoms with van der Waals surface area (Å²) in [6, 6.07) is 15.8. The number of carbonyl (C=O) groups is 2. The molecule has 2 heterocycles. The van der Waals surface area contributed by atoms with Crippen LogP contribution >= 0.6 is 0 Å². The molecule has 3 aliphatic rings. The van der Waals surface area contributed by atoms with Crippen molar-refractivity contribution in [1.82, 2.24) is 4.98 Å². The molecule has 0 bridgehead atoms. The molecule has 170 valence electrons. The van der Waals surface area contributed by atoms with Crippen LogP contribution in [0.1, 0.15) is 75.0 Å². The summed E-state index contributed by atoms with van der Waals surface area (Å²) in [6.07, 6.45) is 8.01. The molecule has 3 atom stereocenters. The number of ketones is 1. The highest BCUT2D eigenvalue weighted by Gasteiger charge is 2.46. The van der Waals surface area contributed by atoms with Crippen LogP contribution < -0.4 is 0 Å². The quantitative estimate of drug-likeness (QED) is 0.584. The van der Waals surface area contributed by atoms with E-state index in [1.807, 2.05) is 43.3 Å². The normalized spacial score (nSPS) is 25.9. The number of ether oxygens (including phenoxy) is 1. The first kappa shape index (κ1) is 21.7. The van der Waals surface area contributed by atoms with Crippen molar-refractivity contribution in [2.24, 2.45) is 10.9 Å². The fourth-order valence-corrected chi connectivity index (χ4v) is 5.68. The fourth-order valence-electron chi connectivity index (χ4n) is 5.68. The first-order valence-corrected chi connectivity index (χ1v) is 12.1. The lowest BCUT2D eigenvalue weighted by Gasteiger charge is -2.38. The number of hydrogen-bond acceptors (Lipinski definition) is 5. The Balaban J connectivity index is 1.52. The number of esters is 1. The van der Waals surface area contributed by atoms with Crippen molar-refractivity contribution in [3.63, 3.8) is 0 Å². The fraction of sp³-hybridized carbons (Fsp3) is 0.429. The van der Waals surface area contributed by atoms with Gasteiger partial charge >= 0.3 is 5.97 Å². The second-order valence-electron chi connectivity index (χ2n) is 9.46. The lowest BCUT2D eigenvalue weighted by molar-refractivity contribution is -0.146. The molecular formula is C28H30N2O3. The Kier molecular flexibility index (Phi) is 6.21. The van der Waals surface area contributed by atoms with Crippen LogP contribution in [0.15, 0.2) is 71.0 Å². The molecule has 1 aromatic heterocycles. The first-order valence-electron chi connectivity index (χ1n) is 12.1. The molecule has 0 saturated heterocycles. The van der Waals surface area contributed by atoms with Gasteiger partial charge in [-0.3, -0.25) is 14.8 Å². The minimum absolute atomic E-state index is 0.0502. The third-order valence-electron chi connectivity index (χ3n) is 7.28. The highest BCUT2D eigenvalue weighted by atomic mass is 16.5. The molecule has 0 N–H and O–H groups in total. The molecule has 1 aliphatic heterocycles. The van der Waals surface area contributed by atoms with Gasteiger partial charge in [0.1, 0.15) is 11.9 Å². The van der Waals surface area contributed by atoms with E-state index in [0.717, 1.165) is 42.7 Å². The molecule has 2 saturated carbocycles. The van der Waals surface area contributed by atoms with E-state index < -0.39 is 11.8 Å². The van der Waals surface area contributed by atoms with Gasteiger partial charge in [0, 0.05) is 29.7 Å². The summed E-state index contributed by atoms with van der Waals surface area (Å²) in [5.41, 5.74) is 3.91. The standard InChI is InChI=1S/C28H30N2O3/c1-18-25(28(32)33-21-12-6-3-7-13-21)27(22-14-8-9-15-29-22)26-23(30-18)16-20(17-24(26)31)19-10-4-2-5-11-19/h2,4-5,8-11,14-15,20-21,26-27H,3,6-7,12-13,16-17H2,1H3/t20-,26-,27-/m1/s1. The SMILES string of the molecule is CC1=C(C(=O)OC2CCCCC2)[C@@H](c2ccccn2)[C@H]2C(=O)C[C@H](c3ccccc3)CC2=N1. The molecule has 5 nitrogen and oxygen atoms in total. The van der Waals surface area contributed by atoms with Crippen molar-refractivity contribution in [2.45, 2.75) is 69.8 Å². The Morgan fingerprint density at radius 1 is 0.939 bits per heavy atom. The van der Waals surface area contributed by atoms with Gasteiger partial charge in [0.25, 0.3) is 0 Å². The average Bonchev–Trinajstić information content (AvgIpc) is 2.84. The summed E-state index contributed by atoms with van der Waals surface area (Å²) in [6.45, 7) is 1.87. The van der Waals surface area contributed by atoms with Crippen molar-refractivity contribution in [1.29, 1.82) is 0 Å². The molecule has 5 rings (SSSR count). The zero-order valence-electron chi connectivity index (χ0n) is 19.1. The molecular weight excluding hydrogens is 412 g/mol. The lowest BCUT2D eigenvalue weighted by atomic mass is 9.67. The Hall–Kier alpha value is -3.08. The third-order valence-corrected chi connectivity index (χ3v) is 7.28.